The Bertz CT molecular complexity index is 635. The summed E-state index contributed by atoms with van der Waals surface area (Å²) in [5.41, 5.74) is 0.969. The van der Waals surface area contributed by atoms with Crippen LogP contribution in [0.25, 0.3) is 0 Å². The van der Waals surface area contributed by atoms with Crippen LogP contribution < -0.4 is 10.1 Å². The largest absolute Gasteiger partial charge is 0.496 e. The average Bonchev–Trinajstić information content (AvgIpc) is 2.73. The molecule has 6 nitrogen and oxygen atoms in total. The molecule has 0 spiro atoms. The van der Waals surface area contributed by atoms with E-state index in [4.69, 9.17) is 4.74 Å². The number of benzene rings is 1. The minimum Gasteiger partial charge on any atom is -0.496 e. The van der Waals surface area contributed by atoms with Gasteiger partial charge in [0.15, 0.2) is 0 Å². The fourth-order valence-electron chi connectivity index (χ4n) is 4.04. The maximum atomic E-state index is 12.6. The van der Waals surface area contributed by atoms with Gasteiger partial charge in [0.05, 0.1) is 13.7 Å². The third-order valence-electron chi connectivity index (χ3n) is 5.67. The molecule has 2 amide bonds. The number of amides is 2. The molecule has 1 aliphatic heterocycles. The highest BCUT2D eigenvalue weighted by molar-refractivity contribution is 5.79. The molecule has 1 heterocycles. The van der Waals surface area contributed by atoms with Crippen LogP contribution in [0.5, 0.6) is 5.75 Å². The molecule has 1 aromatic rings. The third kappa shape index (κ3) is 5.45. The van der Waals surface area contributed by atoms with Crippen LogP contribution in [0.4, 0.5) is 0 Å². The van der Waals surface area contributed by atoms with E-state index in [9.17, 15) is 9.59 Å². The van der Waals surface area contributed by atoms with Gasteiger partial charge in [-0.05, 0) is 18.9 Å². The van der Waals surface area contributed by atoms with Gasteiger partial charge in [-0.25, -0.2) is 0 Å². The molecule has 6 heteroatoms. The van der Waals surface area contributed by atoms with E-state index in [1.807, 2.05) is 29.2 Å². The van der Waals surface area contributed by atoms with Crippen LogP contribution in [0.15, 0.2) is 24.3 Å². The number of methoxy groups -OCH3 is 1. The topological polar surface area (TPSA) is 61.9 Å². The van der Waals surface area contributed by atoms with Crippen molar-refractivity contribution < 1.29 is 14.3 Å². The fourth-order valence-corrected chi connectivity index (χ4v) is 4.04. The van der Waals surface area contributed by atoms with Gasteiger partial charge in [0.25, 0.3) is 0 Å². The van der Waals surface area contributed by atoms with Crippen molar-refractivity contribution in [2.75, 3.05) is 39.8 Å². The van der Waals surface area contributed by atoms with E-state index in [2.05, 4.69) is 10.2 Å². The summed E-state index contributed by atoms with van der Waals surface area (Å²) in [6.45, 7) is 3.83. The second kappa shape index (κ2) is 9.74. The van der Waals surface area contributed by atoms with Crippen LogP contribution in [0.3, 0.4) is 0 Å². The number of ether oxygens (including phenoxy) is 1. The summed E-state index contributed by atoms with van der Waals surface area (Å²) in [5.74, 6) is 1.35. The van der Waals surface area contributed by atoms with Gasteiger partial charge in [-0.1, -0.05) is 37.5 Å². The van der Waals surface area contributed by atoms with Gasteiger partial charge in [-0.3, -0.25) is 14.5 Å². The molecule has 0 radical (unpaired) electrons. The Morgan fingerprint density at radius 2 is 1.78 bits per heavy atom. The Balaban J connectivity index is 1.39. The van der Waals surface area contributed by atoms with Gasteiger partial charge in [0.1, 0.15) is 5.75 Å². The van der Waals surface area contributed by atoms with Crippen molar-refractivity contribution >= 4 is 11.8 Å². The predicted molar refractivity (Wildman–Crippen MR) is 104 cm³/mol. The number of piperazine rings is 1. The molecule has 0 atom stereocenters. The lowest BCUT2D eigenvalue weighted by Crippen LogP contribution is -2.52. The van der Waals surface area contributed by atoms with Crippen LogP contribution >= 0.6 is 0 Å². The van der Waals surface area contributed by atoms with Crippen LogP contribution in [0.2, 0.25) is 0 Å². The Kier molecular flexibility index (Phi) is 7.10. The van der Waals surface area contributed by atoms with E-state index in [0.29, 0.717) is 19.0 Å². The quantitative estimate of drug-likeness (QED) is 0.829. The minimum atomic E-state index is 0.00737. The lowest BCUT2D eigenvalue weighted by Gasteiger charge is -2.36. The molecule has 2 aliphatic rings. The monoisotopic (exact) mass is 373 g/mol. The second-order valence-corrected chi connectivity index (χ2v) is 7.52. The van der Waals surface area contributed by atoms with Crippen LogP contribution in [-0.4, -0.2) is 61.4 Å². The first-order valence-corrected chi connectivity index (χ1v) is 10.1. The van der Waals surface area contributed by atoms with E-state index < -0.39 is 0 Å². The van der Waals surface area contributed by atoms with E-state index in [1.165, 1.54) is 19.3 Å². The van der Waals surface area contributed by atoms with Gasteiger partial charge < -0.3 is 15.0 Å². The van der Waals surface area contributed by atoms with Gasteiger partial charge in [-0.15, -0.1) is 0 Å². The van der Waals surface area contributed by atoms with Gasteiger partial charge >= 0.3 is 0 Å². The molecule has 2 fully saturated rings. The summed E-state index contributed by atoms with van der Waals surface area (Å²) in [7, 11) is 1.63. The first-order chi connectivity index (χ1) is 13.2. The molecule has 0 aromatic heterocycles. The van der Waals surface area contributed by atoms with Crippen molar-refractivity contribution in [1.82, 2.24) is 15.1 Å². The second-order valence-electron chi connectivity index (χ2n) is 7.52. The predicted octanol–water partition coefficient (Wildman–Crippen LogP) is 2.04. The first kappa shape index (κ1) is 19.7. The Hall–Kier alpha value is -2.08. The van der Waals surface area contributed by atoms with Crippen LogP contribution in [0, 0.1) is 5.92 Å². The number of carbonyl (C=O) groups excluding carboxylic acids is 2. The van der Waals surface area contributed by atoms with Gasteiger partial charge in [-0.2, -0.15) is 0 Å². The molecule has 1 aliphatic carbocycles. The first-order valence-electron chi connectivity index (χ1n) is 10.1. The SMILES string of the molecule is COc1ccccc1CNC(=O)CN1CCN(C(=O)C2CCCCC2)CC1. The molecular weight excluding hydrogens is 342 g/mol. The normalized spacial score (nSPS) is 18.9. The fraction of sp³-hybridized carbons (Fsp3) is 0.619. The molecule has 148 valence electrons. The average molecular weight is 373 g/mol. The number of hydrogen-bond acceptors (Lipinski definition) is 4. The molecule has 1 saturated carbocycles. The smallest absolute Gasteiger partial charge is 0.234 e. The summed E-state index contributed by atoms with van der Waals surface area (Å²) in [6.07, 6.45) is 5.72. The van der Waals surface area contributed by atoms with Gasteiger partial charge in [0, 0.05) is 44.2 Å². The lowest BCUT2D eigenvalue weighted by molar-refractivity contribution is -0.138. The number of carbonyl (C=O) groups is 2. The minimum absolute atomic E-state index is 0.00737. The Labute approximate surface area is 161 Å². The molecule has 1 saturated heterocycles. The van der Waals surface area contributed by atoms with Crippen molar-refractivity contribution in [3.05, 3.63) is 29.8 Å². The van der Waals surface area contributed by atoms with E-state index in [1.54, 1.807) is 7.11 Å². The number of hydrogen-bond donors (Lipinski definition) is 1. The molecule has 1 aromatic carbocycles. The van der Waals surface area contributed by atoms with Crippen molar-refractivity contribution in [3.63, 3.8) is 0 Å². The number of nitrogens with one attached hydrogen (secondary N) is 1. The Morgan fingerprint density at radius 3 is 2.48 bits per heavy atom. The maximum Gasteiger partial charge on any atom is 0.234 e. The lowest BCUT2D eigenvalue weighted by atomic mass is 9.88. The number of para-hydroxylation sites is 1. The summed E-state index contributed by atoms with van der Waals surface area (Å²) >= 11 is 0. The maximum absolute atomic E-state index is 12.6. The van der Waals surface area contributed by atoms with Crippen LogP contribution in [-0.2, 0) is 16.1 Å². The summed E-state index contributed by atoms with van der Waals surface area (Å²) in [5, 5.41) is 2.97. The van der Waals surface area contributed by atoms with Crippen molar-refractivity contribution in [3.8, 4) is 5.75 Å². The number of nitrogens with zero attached hydrogens (tertiary/aromatic N) is 2. The van der Waals surface area contributed by atoms with Crippen molar-refractivity contribution in [2.24, 2.45) is 5.92 Å². The molecule has 27 heavy (non-hydrogen) atoms. The summed E-state index contributed by atoms with van der Waals surface area (Å²) < 4.78 is 5.31. The molecule has 0 unspecified atom stereocenters. The number of rotatable bonds is 6. The zero-order chi connectivity index (χ0) is 19.1. The molecule has 1 N–H and O–H groups in total. The standard InChI is InChI=1S/C21H31N3O3/c1-27-19-10-6-5-9-18(19)15-22-20(25)16-23-11-13-24(14-12-23)21(26)17-7-3-2-4-8-17/h5-6,9-10,17H,2-4,7-8,11-16H2,1H3,(H,22,25). The summed E-state index contributed by atoms with van der Waals surface area (Å²) in [4.78, 5) is 29.0. The highest BCUT2D eigenvalue weighted by atomic mass is 16.5. The van der Waals surface area contributed by atoms with E-state index in [-0.39, 0.29) is 11.8 Å². The molecular formula is C21H31N3O3. The van der Waals surface area contributed by atoms with Gasteiger partial charge in [0.2, 0.25) is 11.8 Å². The molecule has 3 rings (SSSR count). The summed E-state index contributed by atoms with van der Waals surface area (Å²) in [6, 6.07) is 7.70. The highest BCUT2D eigenvalue weighted by Crippen LogP contribution is 2.25. The Morgan fingerprint density at radius 1 is 1.07 bits per heavy atom. The molecule has 0 bridgehead atoms. The highest BCUT2D eigenvalue weighted by Gasteiger charge is 2.28. The van der Waals surface area contributed by atoms with E-state index in [0.717, 1.165) is 50.3 Å². The van der Waals surface area contributed by atoms with Crippen LogP contribution in [0.1, 0.15) is 37.7 Å². The third-order valence-corrected chi connectivity index (χ3v) is 5.67. The van der Waals surface area contributed by atoms with Crippen molar-refractivity contribution in [1.29, 1.82) is 0 Å². The zero-order valence-corrected chi connectivity index (χ0v) is 16.3. The van der Waals surface area contributed by atoms with Crippen molar-refractivity contribution in [2.45, 2.75) is 38.6 Å². The van der Waals surface area contributed by atoms with E-state index >= 15 is 0 Å². The zero-order valence-electron chi connectivity index (χ0n) is 16.3.